The fraction of sp³-hybridized carbons (Fsp3) is 0.875. The summed E-state index contributed by atoms with van der Waals surface area (Å²) in [5, 5.41) is 1.97. The van der Waals surface area contributed by atoms with Crippen molar-refractivity contribution in [2.24, 2.45) is 5.84 Å². The van der Waals surface area contributed by atoms with Gasteiger partial charge < -0.3 is 5.01 Å². The maximum Gasteiger partial charge on any atom is 0.0480 e. The standard InChI is InChI=1S/C32H64N2/c1-5-8-10-12-14-16-17-18-19-20-22-24-26-28-30-32(7-3)34(33)31(4)29-27-25-23-21-15-13-11-9-6-2/h26,28,32H,4-25,27,29-30,33H2,1-3H3/b28-26+/t32-/m0/s1. The molecule has 2 heteroatoms. The third-order valence-corrected chi connectivity index (χ3v) is 7.35. The Morgan fingerprint density at radius 3 is 1.47 bits per heavy atom. The summed E-state index contributed by atoms with van der Waals surface area (Å²) in [4.78, 5) is 0. The largest absolute Gasteiger partial charge is 0.312 e. The smallest absolute Gasteiger partial charge is 0.0480 e. The molecule has 0 saturated carbocycles. The normalized spacial score (nSPS) is 12.5. The van der Waals surface area contributed by atoms with Crippen LogP contribution in [0.25, 0.3) is 0 Å². The summed E-state index contributed by atoms with van der Waals surface area (Å²) in [5.41, 5.74) is 1.12. The van der Waals surface area contributed by atoms with Crippen LogP contribution in [0.5, 0.6) is 0 Å². The van der Waals surface area contributed by atoms with Gasteiger partial charge in [0.1, 0.15) is 0 Å². The minimum atomic E-state index is 0.389. The zero-order valence-electron chi connectivity index (χ0n) is 23.9. The van der Waals surface area contributed by atoms with Crippen LogP contribution in [0, 0.1) is 0 Å². The van der Waals surface area contributed by atoms with Gasteiger partial charge in [-0.15, -0.1) is 0 Å². The summed E-state index contributed by atoms with van der Waals surface area (Å²) in [7, 11) is 0. The maximum atomic E-state index is 6.44. The van der Waals surface area contributed by atoms with Crippen molar-refractivity contribution < 1.29 is 0 Å². The highest BCUT2D eigenvalue weighted by atomic mass is 15.4. The lowest BCUT2D eigenvalue weighted by atomic mass is 10.0. The fourth-order valence-electron chi connectivity index (χ4n) is 4.80. The zero-order chi connectivity index (χ0) is 25.1. The predicted octanol–water partition coefficient (Wildman–Crippen LogP) is 11.0. The fourth-order valence-corrected chi connectivity index (χ4v) is 4.80. The Morgan fingerprint density at radius 2 is 1.03 bits per heavy atom. The summed E-state index contributed by atoms with van der Waals surface area (Å²) < 4.78 is 0. The molecule has 0 unspecified atom stereocenters. The summed E-state index contributed by atoms with van der Waals surface area (Å²) in [6, 6.07) is 0.389. The highest BCUT2D eigenvalue weighted by molar-refractivity contribution is 4.96. The molecule has 0 amide bonds. The van der Waals surface area contributed by atoms with Gasteiger partial charge in [0.05, 0.1) is 0 Å². The molecule has 0 spiro atoms. The van der Waals surface area contributed by atoms with Gasteiger partial charge in [-0.25, -0.2) is 5.84 Å². The minimum absolute atomic E-state index is 0.389. The average Bonchev–Trinajstić information content (AvgIpc) is 2.85. The molecule has 0 aromatic rings. The van der Waals surface area contributed by atoms with E-state index in [1.165, 1.54) is 135 Å². The van der Waals surface area contributed by atoms with Gasteiger partial charge in [0, 0.05) is 11.7 Å². The van der Waals surface area contributed by atoms with Gasteiger partial charge >= 0.3 is 0 Å². The molecule has 0 aromatic heterocycles. The lowest BCUT2D eigenvalue weighted by Crippen LogP contribution is -2.39. The molecule has 0 aliphatic carbocycles. The molecule has 2 N–H and O–H groups in total. The summed E-state index contributed by atoms with van der Waals surface area (Å²) in [6.07, 6.45) is 37.0. The van der Waals surface area contributed by atoms with Crippen LogP contribution in [0.2, 0.25) is 0 Å². The summed E-state index contributed by atoms with van der Waals surface area (Å²) in [5.74, 6) is 6.44. The van der Waals surface area contributed by atoms with Crippen LogP contribution in [-0.4, -0.2) is 11.1 Å². The van der Waals surface area contributed by atoms with E-state index in [0.717, 1.165) is 25.0 Å². The molecule has 1 atom stereocenters. The first kappa shape index (κ1) is 33.2. The minimum Gasteiger partial charge on any atom is -0.312 e. The molecule has 0 rings (SSSR count). The molecule has 2 nitrogen and oxygen atoms in total. The molecular formula is C32H64N2. The molecule has 0 aliphatic rings. The number of unbranched alkanes of at least 4 members (excludes halogenated alkanes) is 19. The van der Waals surface area contributed by atoms with Gasteiger partial charge in [-0.2, -0.15) is 0 Å². The number of nitrogens with two attached hydrogens (primary N) is 1. The lowest BCUT2D eigenvalue weighted by Gasteiger charge is -2.29. The van der Waals surface area contributed by atoms with Crippen LogP contribution in [0.3, 0.4) is 0 Å². The van der Waals surface area contributed by atoms with Crippen LogP contribution in [0.15, 0.2) is 24.4 Å². The molecule has 0 bridgehead atoms. The van der Waals surface area contributed by atoms with E-state index < -0.39 is 0 Å². The Balaban J connectivity index is 3.68. The van der Waals surface area contributed by atoms with E-state index >= 15 is 0 Å². The number of hydrogen-bond acceptors (Lipinski definition) is 2. The van der Waals surface area contributed by atoms with Crippen LogP contribution in [0.4, 0.5) is 0 Å². The Morgan fingerprint density at radius 1 is 0.618 bits per heavy atom. The van der Waals surface area contributed by atoms with Crippen LogP contribution >= 0.6 is 0 Å². The van der Waals surface area contributed by atoms with Crippen molar-refractivity contribution in [3.8, 4) is 0 Å². The second-order valence-electron chi connectivity index (χ2n) is 10.6. The van der Waals surface area contributed by atoms with E-state index in [4.69, 9.17) is 5.84 Å². The molecular weight excluding hydrogens is 412 g/mol. The van der Waals surface area contributed by atoms with Gasteiger partial charge in [0.15, 0.2) is 0 Å². The van der Waals surface area contributed by atoms with Crippen LogP contribution in [0.1, 0.15) is 175 Å². The van der Waals surface area contributed by atoms with Gasteiger partial charge in [0.25, 0.3) is 0 Å². The van der Waals surface area contributed by atoms with E-state index in [-0.39, 0.29) is 0 Å². The SMILES string of the molecule is C=C(CCCCCCCCCCC)N(N)[C@@H](CC)C/C=C/CCCCCCCCCCCCC. The number of hydrogen-bond donors (Lipinski definition) is 1. The highest BCUT2D eigenvalue weighted by Crippen LogP contribution is 2.18. The van der Waals surface area contributed by atoms with E-state index in [9.17, 15) is 0 Å². The van der Waals surface area contributed by atoms with Crippen molar-refractivity contribution >= 4 is 0 Å². The second-order valence-corrected chi connectivity index (χ2v) is 10.6. The Labute approximate surface area is 216 Å². The van der Waals surface area contributed by atoms with Gasteiger partial charge in [-0.05, 0) is 38.5 Å². The lowest BCUT2D eigenvalue weighted by molar-refractivity contribution is 0.244. The second kappa shape index (κ2) is 26.8. The first-order chi connectivity index (χ1) is 16.7. The van der Waals surface area contributed by atoms with Crippen molar-refractivity contribution in [2.75, 3.05) is 0 Å². The molecule has 34 heavy (non-hydrogen) atoms. The summed E-state index contributed by atoms with van der Waals surface area (Å²) >= 11 is 0. The molecule has 0 heterocycles. The van der Waals surface area contributed by atoms with Gasteiger partial charge in [-0.1, -0.05) is 155 Å². The molecule has 0 radical (unpaired) electrons. The molecule has 0 aromatic carbocycles. The number of nitrogens with zero attached hydrogens (tertiary/aromatic N) is 1. The Bertz CT molecular complexity index is 442. The van der Waals surface area contributed by atoms with E-state index in [2.05, 4.69) is 39.5 Å². The quantitative estimate of drug-likeness (QED) is 0.0552. The first-order valence-electron chi connectivity index (χ1n) is 15.5. The van der Waals surface area contributed by atoms with Crippen molar-refractivity contribution in [3.63, 3.8) is 0 Å². The Kier molecular flexibility index (Phi) is 26.2. The average molecular weight is 477 g/mol. The van der Waals surface area contributed by atoms with E-state index in [1.54, 1.807) is 0 Å². The van der Waals surface area contributed by atoms with Crippen LogP contribution in [-0.2, 0) is 0 Å². The van der Waals surface area contributed by atoms with Crippen molar-refractivity contribution in [1.82, 2.24) is 5.01 Å². The first-order valence-corrected chi connectivity index (χ1v) is 15.5. The Hall–Kier alpha value is -0.760. The number of allylic oxidation sites excluding steroid dienone is 2. The molecule has 0 saturated heterocycles. The number of rotatable bonds is 27. The zero-order valence-corrected chi connectivity index (χ0v) is 23.9. The molecule has 0 fully saturated rings. The third kappa shape index (κ3) is 21.8. The van der Waals surface area contributed by atoms with Gasteiger partial charge in [-0.3, -0.25) is 0 Å². The molecule has 0 aliphatic heterocycles. The topological polar surface area (TPSA) is 29.3 Å². The third-order valence-electron chi connectivity index (χ3n) is 7.35. The van der Waals surface area contributed by atoms with E-state index in [0.29, 0.717) is 6.04 Å². The van der Waals surface area contributed by atoms with Gasteiger partial charge in [0.2, 0.25) is 0 Å². The highest BCUT2D eigenvalue weighted by Gasteiger charge is 2.13. The summed E-state index contributed by atoms with van der Waals surface area (Å²) in [6.45, 7) is 11.1. The van der Waals surface area contributed by atoms with E-state index in [1.807, 2.05) is 5.01 Å². The maximum absolute atomic E-state index is 6.44. The van der Waals surface area contributed by atoms with Crippen molar-refractivity contribution in [3.05, 3.63) is 24.4 Å². The molecule has 202 valence electrons. The van der Waals surface area contributed by atoms with Crippen molar-refractivity contribution in [2.45, 2.75) is 181 Å². The van der Waals surface area contributed by atoms with Crippen molar-refractivity contribution in [1.29, 1.82) is 0 Å². The van der Waals surface area contributed by atoms with Crippen LogP contribution < -0.4 is 5.84 Å². The monoisotopic (exact) mass is 477 g/mol. The number of hydrazine groups is 1. The predicted molar refractivity (Wildman–Crippen MR) is 156 cm³/mol.